The van der Waals surface area contributed by atoms with E-state index in [4.69, 9.17) is 5.73 Å². The highest BCUT2D eigenvalue weighted by Crippen LogP contribution is 2.12. The maximum Gasteiger partial charge on any atom is 0.251 e. The van der Waals surface area contributed by atoms with Gasteiger partial charge in [-0.3, -0.25) is 14.3 Å². The molecule has 0 radical (unpaired) electrons. The molecule has 2 amide bonds. The van der Waals surface area contributed by atoms with Gasteiger partial charge in [0.15, 0.2) is 0 Å². The smallest absolute Gasteiger partial charge is 0.251 e. The molecule has 1 heterocycles. The Morgan fingerprint density at radius 2 is 2.08 bits per heavy atom. The van der Waals surface area contributed by atoms with E-state index >= 15 is 0 Å². The van der Waals surface area contributed by atoms with E-state index in [1.54, 1.807) is 10.9 Å². The van der Waals surface area contributed by atoms with Gasteiger partial charge in [-0.1, -0.05) is 6.07 Å². The minimum absolute atomic E-state index is 0.0616. The normalized spacial score (nSPS) is 11.3. The predicted molar refractivity (Wildman–Crippen MR) is 94.5 cm³/mol. The minimum Gasteiger partial charge on any atom is -0.370 e. The topological polar surface area (TPSA) is 136 Å². The van der Waals surface area contributed by atoms with Gasteiger partial charge in [-0.2, -0.15) is 5.10 Å². The quantitative estimate of drug-likeness (QED) is 0.563. The summed E-state index contributed by atoms with van der Waals surface area (Å²) in [6.45, 7) is 2.87. The van der Waals surface area contributed by atoms with Crippen molar-refractivity contribution < 1.29 is 18.0 Å². The number of hydrogen-bond donors (Lipinski definition) is 3. The van der Waals surface area contributed by atoms with Crippen LogP contribution in [0, 0.1) is 0 Å². The van der Waals surface area contributed by atoms with E-state index in [-0.39, 0.29) is 30.0 Å². The van der Waals surface area contributed by atoms with Gasteiger partial charge in [-0.25, -0.2) is 13.1 Å². The third kappa shape index (κ3) is 5.39. The van der Waals surface area contributed by atoms with Crippen LogP contribution in [0.4, 0.5) is 0 Å². The fourth-order valence-electron chi connectivity index (χ4n) is 2.15. The molecular formula is C16H21N5O4S. The molecule has 10 heteroatoms. The van der Waals surface area contributed by atoms with Gasteiger partial charge < -0.3 is 11.1 Å². The number of rotatable bonds is 9. The van der Waals surface area contributed by atoms with Gasteiger partial charge in [-0.05, 0) is 25.1 Å². The number of sulfonamides is 1. The Labute approximate surface area is 151 Å². The number of nitrogens with one attached hydrogen (secondary N) is 2. The maximum atomic E-state index is 12.3. The van der Waals surface area contributed by atoms with Gasteiger partial charge in [-0.15, -0.1) is 0 Å². The Morgan fingerprint density at radius 1 is 1.31 bits per heavy atom. The summed E-state index contributed by atoms with van der Waals surface area (Å²) in [7, 11) is -3.83. The third-order valence-corrected chi connectivity index (χ3v) is 4.99. The van der Waals surface area contributed by atoms with Gasteiger partial charge in [0.25, 0.3) is 5.91 Å². The summed E-state index contributed by atoms with van der Waals surface area (Å²) in [6, 6.07) is 5.64. The van der Waals surface area contributed by atoms with E-state index in [1.165, 1.54) is 24.3 Å². The summed E-state index contributed by atoms with van der Waals surface area (Å²) in [6.07, 6.45) is 3.38. The van der Waals surface area contributed by atoms with Crippen LogP contribution in [0.25, 0.3) is 0 Å². The number of nitrogens with zero attached hydrogens (tertiary/aromatic N) is 2. The summed E-state index contributed by atoms with van der Waals surface area (Å²) < 4.78 is 28.4. The molecular weight excluding hydrogens is 358 g/mol. The van der Waals surface area contributed by atoms with Crippen molar-refractivity contribution in [3.63, 3.8) is 0 Å². The highest BCUT2D eigenvalue weighted by molar-refractivity contribution is 7.89. The average Bonchev–Trinajstić information content (AvgIpc) is 3.07. The molecule has 1 aromatic heterocycles. The van der Waals surface area contributed by atoms with E-state index in [9.17, 15) is 18.0 Å². The zero-order valence-corrected chi connectivity index (χ0v) is 15.1. The number of nitrogens with two attached hydrogens (primary N) is 1. The molecule has 140 valence electrons. The predicted octanol–water partition coefficient (Wildman–Crippen LogP) is -0.0133. The molecule has 0 fully saturated rings. The van der Waals surface area contributed by atoms with Crippen LogP contribution in [0.3, 0.4) is 0 Å². The first-order valence-corrected chi connectivity index (χ1v) is 9.47. The van der Waals surface area contributed by atoms with Gasteiger partial charge in [0.2, 0.25) is 15.9 Å². The fraction of sp³-hybridized carbons (Fsp3) is 0.312. The maximum absolute atomic E-state index is 12.3. The van der Waals surface area contributed by atoms with Crippen molar-refractivity contribution in [2.45, 2.75) is 31.3 Å². The molecule has 0 aliphatic heterocycles. The molecule has 9 nitrogen and oxygen atoms in total. The SMILES string of the molecule is CCn1cc(CNC(=O)c2cccc(S(=O)(=O)NCCC(N)=O)c2)cn1. The largest absolute Gasteiger partial charge is 0.370 e. The van der Waals surface area contributed by atoms with Crippen LogP contribution >= 0.6 is 0 Å². The lowest BCUT2D eigenvalue weighted by atomic mass is 10.2. The van der Waals surface area contributed by atoms with Crippen molar-refractivity contribution in [3.05, 3.63) is 47.8 Å². The van der Waals surface area contributed by atoms with E-state index in [2.05, 4.69) is 15.1 Å². The van der Waals surface area contributed by atoms with Crippen molar-refractivity contribution in [1.29, 1.82) is 0 Å². The number of benzene rings is 1. The van der Waals surface area contributed by atoms with Crippen molar-refractivity contribution >= 4 is 21.8 Å². The molecule has 26 heavy (non-hydrogen) atoms. The Balaban J connectivity index is 2.02. The lowest BCUT2D eigenvalue weighted by molar-refractivity contribution is -0.117. The molecule has 4 N–H and O–H groups in total. The lowest BCUT2D eigenvalue weighted by Gasteiger charge is -2.08. The second-order valence-electron chi connectivity index (χ2n) is 5.53. The Bertz CT molecular complexity index is 892. The molecule has 0 bridgehead atoms. The highest BCUT2D eigenvalue weighted by atomic mass is 32.2. The van der Waals surface area contributed by atoms with E-state index in [1.807, 2.05) is 13.1 Å². The van der Waals surface area contributed by atoms with Crippen LogP contribution in [0.1, 0.15) is 29.3 Å². The number of carbonyl (C=O) groups is 2. The van der Waals surface area contributed by atoms with Gasteiger partial charge in [0.05, 0.1) is 11.1 Å². The van der Waals surface area contributed by atoms with Gasteiger partial charge >= 0.3 is 0 Å². The van der Waals surface area contributed by atoms with Crippen molar-refractivity contribution in [3.8, 4) is 0 Å². The summed E-state index contributed by atoms with van der Waals surface area (Å²) in [5, 5.41) is 6.84. The molecule has 0 aliphatic carbocycles. The van der Waals surface area contributed by atoms with Crippen LogP contribution in [-0.2, 0) is 27.9 Å². The Morgan fingerprint density at radius 3 is 2.73 bits per heavy atom. The molecule has 2 aromatic rings. The monoisotopic (exact) mass is 379 g/mol. The van der Waals surface area contributed by atoms with Gasteiger partial charge in [0, 0.05) is 43.4 Å². The minimum atomic E-state index is -3.83. The zero-order chi connectivity index (χ0) is 19.2. The molecule has 0 saturated heterocycles. The summed E-state index contributed by atoms with van der Waals surface area (Å²) in [4.78, 5) is 22.9. The number of aromatic nitrogens is 2. The second kappa shape index (κ2) is 8.59. The van der Waals surface area contributed by atoms with Gasteiger partial charge in [0.1, 0.15) is 0 Å². The van der Waals surface area contributed by atoms with Crippen molar-refractivity contribution in [1.82, 2.24) is 19.8 Å². The van der Waals surface area contributed by atoms with Crippen LogP contribution < -0.4 is 15.8 Å². The number of carbonyl (C=O) groups excluding carboxylic acids is 2. The third-order valence-electron chi connectivity index (χ3n) is 3.53. The molecule has 2 rings (SSSR count). The first-order valence-electron chi connectivity index (χ1n) is 7.99. The number of aryl methyl sites for hydroxylation is 1. The van der Waals surface area contributed by atoms with E-state index in [0.717, 1.165) is 12.1 Å². The van der Waals surface area contributed by atoms with Crippen molar-refractivity contribution in [2.24, 2.45) is 5.73 Å². The highest BCUT2D eigenvalue weighted by Gasteiger charge is 2.16. The van der Waals surface area contributed by atoms with Crippen LogP contribution in [-0.4, -0.2) is 36.6 Å². The number of hydrogen-bond acceptors (Lipinski definition) is 5. The van der Waals surface area contributed by atoms with Crippen LogP contribution in [0.5, 0.6) is 0 Å². The van der Waals surface area contributed by atoms with E-state index in [0.29, 0.717) is 0 Å². The van der Waals surface area contributed by atoms with Crippen molar-refractivity contribution in [2.75, 3.05) is 6.54 Å². The Hall–Kier alpha value is -2.72. The Kier molecular flexibility index (Phi) is 6.47. The second-order valence-corrected chi connectivity index (χ2v) is 7.30. The van der Waals surface area contributed by atoms with Crippen LogP contribution in [0.2, 0.25) is 0 Å². The number of primary amides is 1. The van der Waals surface area contributed by atoms with E-state index < -0.39 is 21.8 Å². The molecule has 0 atom stereocenters. The average molecular weight is 379 g/mol. The molecule has 0 unspecified atom stereocenters. The summed E-state index contributed by atoms with van der Waals surface area (Å²) in [5.41, 5.74) is 6.04. The number of amides is 2. The molecule has 0 saturated carbocycles. The molecule has 0 spiro atoms. The zero-order valence-electron chi connectivity index (χ0n) is 14.3. The fourth-order valence-corrected chi connectivity index (χ4v) is 3.23. The first kappa shape index (κ1) is 19.6. The molecule has 1 aromatic carbocycles. The summed E-state index contributed by atoms with van der Waals surface area (Å²) >= 11 is 0. The standard InChI is InChI=1S/C16H21N5O4S/c1-2-21-11-12(10-19-21)9-18-16(23)13-4-3-5-14(8-13)26(24,25)20-7-6-15(17)22/h3-5,8,10-11,20H,2,6-7,9H2,1H3,(H2,17,22)(H,18,23). The lowest BCUT2D eigenvalue weighted by Crippen LogP contribution is -2.28. The first-order chi connectivity index (χ1) is 12.3. The van der Waals surface area contributed by atoms with Crippen LogP contribution in [0.15, 0.2) is 41.6 Å². The molecule has 0 aliphatic rings. The summed E-state index contributed by atoms with van der Waals surface area (Å²) in [5.74, 6) is -1.00.